The van der Waals surface area contributed by atoms with Crippen LogP contribution in [0.3, 0.4) is 0 Å². The minimum Gasteiger partial charge on any atom is -0.480 e. The molecule has 0 aliphatic carbocycles. The fourth-order valence-electron chi connectivity index (χ4n) is 2.24. The summed E-state index contributed by atoms with van der Waals surface area (Å²) in [4.78, 5) is 47.0. The highest BCUT2D eigenvalue weighted by Crippen LogP contribution is 2.05. The molecule has 3 atom stereocenters. The van der Waals surface area contributed by atoms with E-state index in [1.165, 1.54) is 11.8 Å². The predicted octanol–water partition coefficient (Wildman–Crippen LogP) is -1.48. The number of rotatable bonds is 15. The molecule has 0 bridgehead atoms. The number of nitrogens with two attached hydrogens (primary N) is 3. The van der Waals surface area contributed by atoms with Crippen LogP contribution in [0.15, 0.2) is 0 Å². The lowest BCUT2D eigenvalue weighted by Crippen LogP contribution is -2.54. The summed E-state index contributed by atoms with van der Waals surface area (Å²) < 4.78 is 0. The topological polar surface area (TPSA) is 191 Å². The molecule has 0 aliphatic rings. The second-order valence-corrected chi connectivity index (χ2v) is 7.12. The van der Waals surface area contributed by atoms with Crippen molar-refractivity contribution >= 4 is 35.5 Å². The maximum Gasteiger partial charge on any atom is 0.326 e. The molecule has 9 N–H and O–H groups in total. The first-order chi connectivity index (χ1) is 12.7. The molecule has 3 amide bonds. The number of carboxylic acids is 1. The van der Waals surface area contributed by atoms with E-state index in [1.54, 1.807) is 0 Å². The van der Waals surface area contributed by atoms with E-state index >= 15 is 0 Å². The Balaban J connectivity index is 4.94. The van der Waals surface area contributed by atoms with E-state index in [9.17, 15) is 24.3 Å². The van der Waals surface area contributed by atoms with Crippen molar-refractivity contribution in [2.75, 3.05) is 18.6 Å². The number of hydrogen-bond donors (Lipinski definition) is 6. The Kier molecular flexibility index (Phi) is 13.3. The van der Waals surface area contributed by atoms with Gasteiger partial charge in [0.15, 0.2) is 0 Å². The second kappa shape index (κ2) is 14.2. The standard InChI is InChI=1S/C16H31N5O5S/c1-27-9-7-12(16(25)26)21-15(24)11(5-6-13(19)22)20-14(23)10(18)4-2-3-8-17/h10-12H,2-9,17-18H2,1H3,(H2,19,22)(H,20,23)(H,21,24)(H,25,26)/t10-,11-,12-/m0/s1. The van der Waals surface area contributed by atoms with Crippen molar-refractivity contribution < 1.29 is 24.3 Å². The molecule has 0 fully saturated rings. The van der Waals surface area contributed by atoms with Gasteiger partial charge in [-0.15, -0.1) is 0 Å². The van der Waals surface area contributed by atoms with Crippen LogP contribution in [0, 0.1) is 0 Å². The van der Waals surface area contributed by atoms with Crippen LogP contribution in [-0.2, 0) is 19.2 Å². The van der Waals surface area contributed by atoms with E-state index in [2.05, 4.69) is 10.6 Å². The largest absolute Gasteiger partial charge is 0.480 e. The van der Waals surface area contributed by atoms with Gasteiger partial charge in [0.2, 0.25) is 17.7 Å². The normalized spacial score (nSPS) is 14.0. The second-order valence-electron chi connectivity index (χ2n) is 6.14. The molecule has 0 rings (SSSR count). The highest BCUT2D eigenvalue weighted by atomic mass is 32.2. The molecule has 11 heteroatoms. The van der Waals surface area contributed by atoms with E-state index in [0.717, 1.165) is 6.42 Å². The van der Waals surface area contributed by atoms with Crippen LogP contribution in [-0.4, -0.2) is 65.5 Å². The lowest BCUT2D eigenvalue weighted by atomic mass is 10.1. The molecule has 10 nitrogen and oxygen atoms in total. The van der Waals surface area contributed by atoms with Gasteiger partial charge >= 0.3 is 5.97 Å². The summed E-state index contributed by atoms with van der Waals surface area (Å²) in [5.74, 6) is -2.50. The molecule has 0 aliphatic heterocycles. The summed E-state index contributed by atoms with van der Waals surface area (Å²) in [7, 11) is 0. The summed E-state index contributed by atoms with van der Waals surface area (Å²) in [5.41, 5.74) is 16.3. The molecule has 0 unspecified atom stereocenters. The van der Waals surface area contributed by atoms with Crippen LogP contribution >= 0.6 is 11.8 Å². The number of amides is 3. The molecule has 0 saturated heterocycles. The van der Waals surface area contributed by atoms with Gasteiger partial charge in [0.25, 0.3) is 0 Å². The summed E-state index contributed by atoms with van der Waals surface area (Å²) in [6.07, 6.45) is 3.67. The Morgan fingerprint density at radius 1 is 1.00 bits per heavy atom. The van der Waals surface area contributed by atoms with E-state index in [1.807, 2.05) is 6.26 Å². The molecule has 27 heavy (non-hydrogen) atoms. The SMILES string of the molecule is CSCC[C@H](NC(=O)[C@H](CCC(N)=O)NC(=O)[C@@H](N)CCCCN)C(=O)O. The monoisotopic (exact) mass is 405 g/mol. The maximum atomic E-state index is 12.4. The third-order valence-electron chi connectivity index (χ3n) is 3.84. The van der Waals surface area contributed by atoms with E-state index in [-0.39, 0.29) is 19.3 Å². The zero-order valence-corrected chi connectivity index (χ0v) is 16.4. The molecule has 156 valence electrons. The van der Waals surface area contributed by atoms with E-state index in [0.29, 0.717) is 25.1 Å². The van der Waals surface area contributed by atoms with Gasteiger partial charge in [-0.2, -0.15) is 11.8 Å². The van der Waals surface area contributed by atoms with Crippen molar-refractivity contribution in [2.45, 2.75) is 56.7 Å². The van der Waals surface area contributed by atoms with Gasteiger partial charge in [0, 0.05) is 6.42 Å². The first-order valence-corrected chi connectivity index (χ1v) is 10.2. The van der Waals surface area contributed by atoms with Crippen LogP contribution < -0.4 is 27.8 Å². The summed E-state index contributed by atoms with van der Waals surface area (Å²) in [6.45, 7) is 0.491. The fourth-order valence-corrected chi connectivity index (χ4v) is 2.71. The zero-order chi connectivity index (χ0) is 20.8. The molecule has 0 spiro atoms. The number of primary amides is 1. The van der Waals surface area contributed by atoms with E-state index in [4.69, 9.17) is 17.2 Å². The minimum atomic E-state index is -1.17. The molecule has 0 heterocycles. The van der Waals surface area contributed by atoms with Crippen molar-refractivity contribution in [3.8, 4) is 0 Å². The van der Waals surface area contributed by atoms with Crippen LogP contribution in [0.4, 0.5) is 0 Å². The summed E-state index contributed by atoms with van der Waals surface area (Å²) >= 11 is 1.45. The average Bonchev–Trinajstić information content (AvgIpc) is 2.61. The quantitative estimate of drug-likeness (QED) is 0.178. The molecular formula is C16H31N5O5S. The zero-order valence-electron chi connectivity index (χ0n) is 15.6. The Labute approximate surface area is 163 Å². The molecule has 0 aromatic rings. The summed E-state index contributed by atoms with van der Waals surface area (Å²) in [5, 5.41) is 14.1. The van der Waals surface area contributed by atoms with Gasteiger partial charge in [0.1, 0.15) is 12.1 Å². The number of carbonyl (C=O) groups is 4. The minimum absolute atomic E-state index is 0.0444. The van der Waals surface area contributed by atoms with Gasteiger partial charge in [-0.1, -0.05) is 6.42 Å². The molecule has 0 aromatic carbocycles. The third kappa shape index (κ3) is 11.5. The number of thioether (sulfide) groups is 1. The van der Waals surface area contributed by atoms with Crippen LogP contribution in [0.25, 0.3) is 0 Å². The maximum absolute atomic E-state index is 12.4. The van der Waals surface area contributed by atoms with Crippen molar-refractivity contribution in [1.29, 1.82) is 0 Å². The first kappa shape index (κ1) is 25.1. The van der Waals surface area contributed by atoms with Crippen LogP contribution in [0.2, 0.25) is 0 Å². The fraction of sp³-hybridized carbons (Fsp3) is 0.750. The average molecular weight is 406 g/mol. The lowest BCUT2D eigenvalue weighted by molar-refractivity contribution is -0.142. The van der Waals surface area contributed by atoms with Gasteiger partial charge < -0.3 is 32.9 Å². The lowest BCUT2D eigenvalue weighted by Gasteiger charge is -2.22. The van der Waals surface area contributed by atoms with Crippen LogP contribution in [0.1, 0.15) is 38.5 Å². The van der Waals surface area contributed by atoms with Gasteiger partial charge in [-0.05, 0) is 44.2 Å². The first-order valence-electron chi connectivity index (χ1n) is 8.79. The molecule has 0 aromatic heterocycles. The van der Waals surface area contributed by atoms with Crippen molar-refractivity contribution in [1.82, 2.24) is 10.6 Å². The number of carbonyl (C=O) groups excluding carboxylic acids is 3. The Morgan fingerprint density at radius 3 is 2.15 bits per heavy atom. The number of unbranched alkanes of at least 4 members (excludes halogenated alkanes) is 1. The van der Waals surface area contributed by atoms with Gasteiger partial charge in [-0.25, -0.2) is 4.79 Å². The Hall–Kier alpha value is -1.85. The molecule has 0 radical (unpaired) electrons. The Bertz CT molecular complexity index is 506. The number of nitrogens with one attached hydrogen (secondary N) is 2. The van der Waals surface area contributed by atoms with E-state index < -0.39 is 41.8 Å². The van der Waals surface area contributed by atoms with Crippen molar-refractivity contribution in [3.05, 3.63) is 0 Å². The highest BCUT2D eigenvalue weighted by Gasteiger charge is 2.27. The predicted molar refractivity (Wildman–Crippen MR) is 104 cm³/mol. The summed E-state index contributed by atoms with van der Waals surface area (Å²) in [6, 6.07) is -3.01. The number of aliphatic carboxylic acids is 1. The molecule has 0 saturated carbocycles. The number of carboxylic acid groups (broad SMARTS) is 1. The Morgan fingerprint density at radius 2 is 1.63 bits per heavy atom. The number of hydrogen-bond acceptors (Lipinski definition) is 7. The van der Waals surface area contributed by atoms with Crippen molar-refractivity contribution in [2.24, 2.45) is 17.2 Å². The molecular weight excluding hydrogens is 374 g/mol. The van der Waals surface area contributed by atoms with Gasteiger partial charge in [0.05, 0.1) is 6.04 Å². The third-order valence-corrected chi connectivity index (χ3v) is 4.49. The highest BCUT2D eigenvalue weighted by molar-refractivity contribution is 7.98. The van der Waals surface area contributed by atoms with Crippen LogP contribution in [0.5, 0.6) is 0 Å². The van der Waals surface area contributed by atoms with Crippen molar-refractivity contribution in [3.63, 3.8) is 0 Å². The smallest absolute Gasteiger partial charge is 0.326 e. The van der Waals surface area contributed by atoms with Gasteiger partial charge in [-0.3, -0.25) is 14.4 Å².